The number of aryl methyl sites for hydroxylation is 2. The van der Waals surface area contributed by atoms with E-state index in [9.17, 15) is 4.79 Å². The van der Waals surface area contributed by atoms with Gasteiger partial charge in [-0.2, -0.15) is 0 Å². The van der Waals surface area contributed by atoms with Crippen LogP contribution in [-0.2, 0) is 31.3 Å². The summed E-state index contributed by atoms with van der Waals surface area (Å²) in [7, 11) is 0. The van der Waals surface area contributed by atoms with Crippen molar-refractivity contribution in [2.24, 2.45) is 5.92 Å². The van der Waals surface area contributed by atoms with Crippen LogP contribution in [0.1, 0.15) is 44.4 Å². The first-order chi connectivity index (χ1) is 13.7. The average molecular weight is 581 g/mol. The van der Waals surface area contributed by atoms with Crippen LogP contribution in [0.5, 0.6) is 0 Å². The number of fused-ring (bicyclic) bond motifs is 1. The van der Waals surface area contributed by atoms with Gasteiger partial charge in [0, 0.05) is 32.4 Å². The van der Waals surface area contributed by atoms with Crippen molar-refractivity contribution in [2.45, 2.75) is 48.0 Å². The first kappa shape index (κ1) is 25.7. The molecule has 0 spiro atoms. The molecular formula is C26H30IrNO2-. The molecule has 0 unspecified atom stereocenters. The van der Waals surface area contributed by atoms with Crippen molar-refractivity contribution in [3.8, 4) is 11.3 Å². The normalized spacial score (nSPS) is 11.0. The molecule has 161 valence electrons. The summed E-state index contributed by atoms with van der Waals surface area (Å²) < 4.78 is 0. The number of aromatic nitrogens is 1. The van der Waals surface area contributed by atoms with Gasteiger partial charge in [-0.05, 0) is 54.3 Å². The first-order valence-corrected chi connectivity index (χ1v) is 9.92. The van der Waals surface area contributed by atoms with E-state index in [1.807, 2.05) is 6.20 Å². The fraction of sp³-hybridized carbons (Fsp3) is 0.308. The van der Waals surface area contributed by atoms with E-state index in [0.29, 0.717) is 5.92 Å². The van der Waals surface area contributed by atoms with Crippen LogP contribution in [0.25, 0.3) is 22.0 Å². The van der Waals surface area contributed by atoms with Gasteiger partial charge in [0.05, 0.1) is 5.76 Å². The predicted octanol–water partition coefficient (Wildman–Crippen LogP) is 6.55. The molecule has 30 heavy (non-hydrogen) atoms. The summed E-state index contributed by atoms with van der Waals surface area (Å²) in [5.41, 5.74) is 5.91. The molecule has 4 heteroatoms. The zero-order valence-corrected chi connectivity index (χ0v) is 20.9. The van der Waals surface area contributed by atoms with E-state index in [4.69, 9.17) is 5.11 Å². The van der Waals surface area contributed by atoms with E-state index >= 15 is 0 Å². The number of carbonyl (C=O) groups excluding carboxylic acids is 1. The number of hydrogen-bond donors (Lipinski definition) is 1. The van der Waals surface area contributed by atoms with Crippen molar-refractivity contribution in [3.05, 3.63) is 77.2 Å². The Kier molecular flexibility index (Phi) is 10.1. The second-order valence-electron chi connectivity index (χ2n) is 7.96. The van der Waals surface area contributed by atoms with Gasteiger partial charge in [0.25, 0.3) is 0 Å². The fourth-order valence-electron chi connectivity index (χ4n) is 3.35. The van der Waals surface area contributed by atoms with E-state index < -0.39 is 0 Å². The molecule has 1 aromatic heterocycles. The van der Waals surface area contributed by atoms with E-state index in [0.717, 1.165) is 23.2 Å². The molecule has 0 aliphatic carbocycles. The number of carbonyl (C=O) groups is 1. The summed E-state index contributed by atoms with van der Waals surface area (Å²) >= 11 is 0. The number of pyridine rings is 1. The zero-order chi connectivity index (χ0) is 21.6. The molecule has 0 bridgehead atoms. The Labute approximate surface area is 193 Å². The maximum atomic E-state index is 10.0. The zero-order valence-electron chi connectivity index (χ0n) is 18.5. The third-order valence-electron chi connectivity index (χ3n) is 4.29. The monoisotopic (exact) mass is 581 g/mol. The Morgan fingerprint density at radius 3 is 2.37 bits per heavy atom. The molecule has 1 radical (unpaired) electrons. The van der Waals surface area contributed by atoms with E-state index in [1.165, 1.54) is 41.8 Å². The van der Waals surface area contributed by atoms with Crippen molar-refractivity contribution in [1.82, 2.24) is 4.98 Å². The van der Waals surface area contributed by atoms with Crippen LogP contribution in [0.3, 0.4) is 0 Å². The molecule has 0 atom stereocenters. The summed E-state index contributed by atoms with van der Waals surface area (Å²) in [4.78, 5) is 14.7. The predicted molar refractivity (Wildman–Crippen MR) is 121 cm³/mol. The summed E-state index contributed by atoms with van der Waals surface area (Å²) in [6, 6.07) is 16.6. The van der Waals surface area contributed by atoms with Crippen LogP contribution >= 0.6 is 0 Å². The molecule has 0 amide bonds. The van der Waals surface area contributed by atoms with Gasteiger partial charge >= 0.3 is 0 Å². The Balaban J connectivity index is 0.000000489. The summed E-state index contributed by atoms with van der Waals surface area (Å²) in [5, 5.41) is 10.8. The second kappa shape index (κ2) is 11.8. The average Bonchev–Trinajstić information content (AvgIpc) is 2.59. The molecule has 3 aromatic rings. The number of ketones is 1. The third kappa shape index (κ3) is 7.85. The molecule has 0 aliphatic heterocycles. The fourth-order valence-corrected chi connectivity index (χ4v) is 3.35. The molecule has 3 rings (SSSR count). The van der Waals surface area contributed by atoms with Gasteiger partial charge in [-0.15, -0.1) is 34.9 Å². The molecule has 2 aromatic carbocycles. The minimum atomic E-state index is -0.125. The Hall–Kier alpha value is -2.29. The van der Waals surface area contributed by atoms with Crippen LogP contribution in [0, 0.1) is 25.8 Å². The van der Waals surface area contributed by atoms with Gasteiger partial charge in [0.1, 0.15) is 0 Å². The van der Waals surface area contributed by atoms with Crippen LogP contribution < -0.4 is 0 Å². The molecule has 0 aliphatic rings. The van der Waals surface area contributed by atoms with Gasteiger partial charge in [-0.25, -0.2) is 0 Å². The Morgan fingerprint density at radius 2 is 1.83 bits per heavy atom. The minimum absolute atomic E-state index is 0. The van der Waals surface area contributed by atoms with Crippen molar-refractivity contribution in [1.29, 1.82) is 0 Å². The van der Waals surface area contributed by atoms with Crippen molar-refractivity contribution in [2.75, 3.05) is 0 Å². The maximum Gasteiger partial charge on any atom is 0.155 e. The van der Waals surface area contributed by atoms with Crippen LogP contribution in [-0.4, -0.2) is 15.9 Å². The molecule has 1 heterocycles. The van der Waals surface area contributed by atoms with Gasteiger partial charge in [0.2, 0.25) is 0 Å². The van der Waals surface area contributed by atoms with Gasteiger partial charge in [-0.1, -0.05) is 45.9 Å². The number of allylic oxidation sites excluding steroid dienone is 2. The minimum Gasteiger partial charge on any atom is -0.512 e. The summed E-state index contributed by atoms with van der Waals surface area (Å²) in [6.07, 6.45) is 4.16. The second-order valence-corrected chi connectivity index (χ2v) is 7.96. The SMILES string of the molecule is CC(=O)C=C(C)O.Cc1[c-]c(-c2nccc3ccc(CC(C)C)cc23)cc(C)c1.[Ir]. The molecule has 1 N–H and O–H groups in total. The molecule has 0 fully saturated rings. The van der Waals surface area contributed by atoms with Gasteiger partial charge in [0.15, 0.2) is 5.78 Å². The maximum absolute atomic E-state index is 10.0. The summed E-state index contributed by atoms with van der Waals surface area (Å²) in [5.74, 6) is 0.595. The summed E-state index contributed by atoms with van der Waals surface area (Å²) in [6.45, 7) is 11.6. The van der Waals surface area contributed by atoms with Gasteiger partial charge < -0.3 is 10.1 Å². The number of hydrogen-bond acceptors (Lipinski definition) is 3. The van der Waals surface area contributed by atoms with Crippen LogP contribution in [0.4, 0.5) is 0 Å². The number of benzene rings is 2. The smallest absolute Gasteiger partial charge is 0.155 e. The van der Waals surface area contributed by atoms with Crippen molar-refractivity contribution < 1.29 is 30.0 Å². The molecule has 3 nitrogen and oxygen atoms in total. The number of aliphatic hydroxyl groups is 1. The first-order valence-electron chi connectivity index (χ1n) is 9.92. The Bertz CT molecular complexity index is 1010. The third-order valence-corrected chi connectivity index (χ3v) is 4.29. The van der Waals surface area contributed by atoms with Crippen molar-refractivity contribution >= 4 is 16.6 Å². The van der Waals surface area contributed by atoms with E-state index in [2.05, 4.69) is 75.1 Å². The standard InChI is InChI=1S/C21H22N.C5H8O2.Ir/c1-14(2)9-17-5-6-18-7-8-22-21(20(18)13-17)19-11-15(3)10-16(4)12-19;1-4(6)3-5(2)7;/h5-8,10-11,13-14H,9H2,1-4H3;3,6H,1-2H3;/q-1;;. The van der Waals surface area contributed by atoms with E-state index in [1.54, 1.807) is 0 Å². The van der Waals surface area contributed by atoms with Crippen LogP contribution in [0.15, 0.2) is 54.4 Å². The number of nitrogens with zero attached hydrogens (tertiary/aromatic N) is 1. The van der Waals surface area contributed by atoms with Crippen molar-refractivity contribution in [3.63, 3.8) is 0 Å². The number of aliphatic hydroxyl groups excluding tert-OH is 1. The molecule has 0 saturated heterocycles. The largest absolute Gasteiger partial charge is 0.512 e. The van der Waals surface area contributed by atoms with Crippen LogP contribution in [0.2, 0.25) is 0 Å². The quantitative estimate of drug-likeness (QED) is 0.216. The Morgan fingerprint density at radius 1 is 1.13 bits per heavy atom. The number of rotatable bonds is 4. The molecular weight excluding hydrogens is 551 g/mol. The van der Waals surface area contributed by atoms with E-state index in [-0.39, 0.29) is 31.6 Å². The topological polar surface area (TPSA) is 50.2 Å². The van der Waals surface area contributed by atoms with Gasteiger partial charge in [-0.3, -0.25) is 4.79 Å². The molecule has 0 saturated carbocycles.